The molecule has 2 bridgehead atoms. The lowest BCUT2D eigenvalue weighted by Crippen LogP contribution is -2.79. The van der Waals surface area contributed by atoms with Crippen LogP contribution in [0.3, 0.4) is 0 Å². The van der Waals surface area contributed by atoms with Gasteiger partial charge in [-0.25, -0.2) is 4.79 Å². The number of hydrogen-bond acceptors (Lipinski definition) is 10. The normalized spacial score (nSPS) is 48.2. The lowest BCUT2D eigenvalue weighted by Gasteiger charge is -2.68. The number of ether oxygens (including phenoxy) is 4. The van der Waals surface area contributed by atoms with E-state index in [-0.39, 0.29) is 43.2 Å². The first-order valence-electron chi connectivity index (χ1n) is 16.2. The van der Waals surface area contributed by atoms with Crippen LogP contribution in [-0.2, 0) is 39.8 Å². The Morgan fingerprint density at radius 1 is 1.09 bits per heavy atom. The van der Waals surface area contributed by atoms with Crippen LogP contribution in [0.2, 0.25) is 0 Å². The molecule has 2 saturated carbocycles. The molecule has 6 fully saturated rings. The van der Waals surface area contributed by atoms with Gasteiger partial charge < -0.3 is 33.6 Å². The Labute approximate surface area is 256 Å². The number of furan rings is 1. The molecule has 4 spiro atoms. The second-order valence-electron chi connectivity index (χ2n) is 15.1. The van der Waals surface area contributed by atoms with Crippen LogP contribution >= 0.6 is 0 Å². The maximum atomic E-state index is 14.9. The van der Waals surface area contributed by atoms with Crippen molar-refractivity contribution >= 4 is 17.7 Å². The number of aliphatic hydroxyl groups excluding tert-OH is 2. The zero-order valence-electron chi connectivity index (χ0n) is 25.8. The Morgan fingerprint density at radius 2 is 1.89 bits per heavy atom. The minimum atomic E-state index is -1.43. The number of esters is 2. The molecule has 11 unspecified atom stereocenters. The first-order chi connectivity index (χ1) is 20.9. The van der Waals surface area contributed by atoms with E-state index in [1.165, 1.54) is 0 Å². The van der Waals surface area contributed by atoms with Crippen molar-refractivity contribution in [1.82, 2.24) is 0 Å². The Hall–Kier alpha value is -2.53. The number of cyclic esters (lactones) is 2. The van der Waals surface area contributed by atoms with Crippen LogP contribution in [0.1, 0.15) is 83.6 Å². The largest absolute Gasteiger partial charge is 0.469 e. The fourth-order valence-electron chi connectivity index (χ4n) is 11.7. The van der Waals surface area contributed by atoms with Gasteiger partial charge in [-0.2, -0.15) is 0 Å². The van der Waals surface area contributed by atoms with E-state index in [4.69, 9.17) is 23.4 Å². The first-order valence-corrected chi connectivity index (χ1v) is 16.2. The minimum Gasteiger partial charge on any atom is -0.469 e. The fraction of sp³-hybridized carbons (Fsp3) is 0.735. The highest BCUT2D eigenvalue weighted by atomic mass is 16.7. The van der Waals surface area contributed by atoms with Gasteiger partial charge in [0.25, 0.3) is 0 Å². The molecule has 4 saturated heterocycles. The maximum Gasteiger partial charge on any atom is 0.339 e. The molecule has 10 nitrogen and oxygen atoms in total. The molecule has 8 aliphatic rings. The van der Waals surface area contributed by atoms with Gasteiger partial charge in [-0.3, -0.25) is 9.59 Å². The van der Waals surface area contributed by atoms with Gasteiger partial charge in [0.15, 0.2) is 11.9 Å². The van der Waals surface area contributed by atoms with E-state index in [9.17, 15) is 24.6 Å². The summed E-state index contributed by atoms with van der Waals surface area (Å²) in [5, 5.41) is 22.5. The summed E-state index contributed by atoms with van der Waals surface area (Å²) in [5.74, 6) is -0.913. The van der Waals surface area contributed by atoms with Gasteiger partial charge in [-0.05, 0) is 57.4 Å². The number of aliphatic hydroxyl groups is 2. The van der Waals surface area contributed by atoms with Crippen molar-refractivity contribution in [2.24, 2.45) is 33.5 Å². The monoisotopic (exact) mass is 610 g/mol. The van der Waals surface area contributed by atoms with Gasteiger partial charge in [-0.15, -0.1) is 0 Å². The number of Topliss-reactive ketones (excluding diaryl/α,β-unsaturated/α-hetero) is 1. The van der Waals surface area contributed by atoms with E-state index in [1.54, 1.807) is 6.26 Å². The van der Waals surface area contributed by atoms with Crippen LogP contribution in [0.25, 0.3) is 0 Å². The summed E-state index contributed by atoms with van der Waals surface area (Å²) in [7, 11) is 0. The number of epoxide rings is 1. The third-order valence-electron chi connectivity index (χ3n) is 13.3. The van der Waals surface area contributed by atoms with Gasteiger partial charge in [0, 0.05) is 29.4 Å². The van der Waals surface area contributed by atoms with Gasteiger partial charge in [-0.1, -0.05) is 32.4 Å². The van der Waals surface area contributed by atoms with Gasteiger partial charge in [0.1, 0.15) is 30.2 Å². The second kappa shape index (κ2) is 8.84. The summed E-state index contributed by atoms with van der Waals surface area (Å²) in [6.45, 7) is 7.90. The lowest BCUT2D eigenvalue weighted by atomic mass is 9.33. The number of carbonyl (C=O) groups excluding carboxylic acids is 3. The molecule has 1 aromatic heterocycles. The molecule has 10 heteroatoms. The predicted octanol–water partition coefficient (Wildman–Crippen LogP) is 3.37. The summed E-state index contributed by atoms with van der Waals surface area (Å²) in [5.41, 5.74) is -5.60. The zero-order valence-corrected chi connectivity index (χ0v) is 25.8. The standard InChI is InChI=1S/C34H42O10/c1-5-7-18(16-35)14-20-19(9-13-40-20)26-30(4)12-8-21-31(34(30)27(44-34)28(39)42-26)10-6-11-33(25(38)24(31)37)29(2,3)43-22-15-23(36)41-17-32(21,22)33/h6,9,11,13,18,21-22,24,26-27,35,37H,5,7-8,10,12,14-17H2,1-4H3. The maximum absolute atomic E-state index is 14.9. The third kappa shape index (κ3) is 2.88. The lowest BCUT2D eigenvalue weighted by molar-refractivity contribution is -0.262. The summed E-state index contributed by atoms with van der Waals surface area (Å²) in [4.78, 5) is 41.3. The highest BCUT2D eigenvalue weighted by Crippen LogP contribution is 2.84. The van der Waals surface area contributed by atoms with E-state index in [1.807, 2.05) is 32.1 Å². The average Bonchev–Trinajstić information content (AvgIpc) is 3.61. The summed E-state index contributed by atoms with van der Waals surface area (Å²) < 4.78 is 31.3. The highest BCUT2D eigenvalue weighted by molar-refractivity contribution is 5.97. The number of fused-ring (bicyclic) bond motifs is 2. The number of rotatable bonds is 6. The number of hydrogen-bond donors (Lipinski definition) is 2. The molecular formula is C34H42O10. The van der Waals surface area contributed by atoms with Crippen molar-refractivity contribution in [2.45, 2.75) is 108 Å². The van der Waals surface area contributed by atoms with Crippen LogP contribution in [-0.4, -0.2) is 70.7 Å². The molecule has 4 aliphatic heterocycles. The molecule has 0 aromatic carbocycles. The Morgan fingerprint density at radius 3 is 2.64 bits per heavy atom. The number of allylic oxidation sites excluding steroid dienone is 1. The Balaban J connectivity index is 1.30. The van der Waals surface area contributed by atoms with E-state index >= 15 is 0 Å². The van der Waals surface area contributed by atoms with Crippen molar-refractivity contribution in [3.8, 4) is 0 Å². The van der Waals surface area contributed by atoms with Crippen molar-refractivity contribution in [1.29, 1.82) is 0 Å². The van der Waals surface area contributed by atoms with Gasteiger partial charge in [0.05, 0.1) is 35.2 Å². The minimum absolute atomic E-state index is 0.00103. The smallest absolute Gasteiger partial charge is 0.339 e. The molecule has 1 aromatic rings. The molecule has 44 heavy (non-hydrogen) atoms. The van der Waals surface area contributed by atoms with E-state index in [0.29, 0.717) is 31.4 Å². The van der Waals surface area contributed by atoms with Crippen LogP contribution in [0.5, 0.6) is 0 Å². The van der Waals surface area contributed by atoms with Crippen LogP contribution in [0.4, 0.5) is 0 Å². The third-order valence-corrected chi connectivity index (χ3v) is 13.3. The molecule has 238 valence electrons. The summed E-state index contributed by atoms with van der Waals surface area (Å²) >= 11 is 0. The van der Waals surface area contributed by atoms with E-state index in [2.05, 4.69) is 13.8 Å². The SMILES string of the molecule is CCCC(CO)Cc1occc1C1OC(=O)C2OC23C1(C)CCC1C24COC(=O)CC2OC(C)(C)C42C=CCC13C(O)C2=O. The van der Waals surface area contributed by atoms with Crippen LogP contribution < -0.4 is 0 Å². The van der Waals surface area contributed by atoms with Crippen molar-refractivity contribution < 1.29 is 48.0 Å². The number of ketones is 1. The molecule has 2 N–H and O–H groups in total. The van der Waals surface area contributed by atoms with Gasteiger partial charge in [0.2, 0.25) is 0 Å². The molecule has 11 atom stereocenters. The quantitative estimate of drug-likeness (QED) is 0.279. The molecule has 5 heterocycles. The molecular weight excluding hydrogens is 568 g/mol. The zero-order chi connectivity index (χ0) is 31.1. The predicted molar refractivity (Wildman–Crippen MR) is 152 cm³/mol. The van der Waals surface area contributed by atoms with E-state index < -0.39 is 63.2 Å². The average molecular weight is 611 g/mol. The van der Waals surface area contributed by atoms with Crippen LogP contribution in [0, 0.1) is 33.5 Å². The number of carbonyl (C=O) groups is 3. The van der Waals surface area contributed by atoms with Crippen molar-refractivity contribution in [2.75, 3.05) is 13.2 Å². The van der Waals surface area contributed by atoms with E-state index in [0.717, 1.165) is 18.4 Å². The van der Waals surface area contributed by atoms with Crippen molar-refractivity contribution in [3.05, 3.63) is 35.8 Å². The van der Waals surface area contributed by atoms with Crippen LogP contribution in [0.15, 0.2) is 28.9 Å². The molecule has 0 radical (unpaired) electrons. The Kier molecular flexibility index (Phi) is 5.81. The molecule has 0 amide bonds. The Bertz CT molecular complexity index is 1480. The topological polar surface area (TPSA) is 145 Å². The first kappa shape index (κ1) is 28.9. The van der Waals surface area contributed by atoms with Crippen molar-refractivity contribution in [3.63, 3.8) is 0 Å². The fourth-order valence-corrected chi connectivity index (χ4v) is 11.7. The second-order valence-corrected chi connectivity index (χ2v) is 15.1. The summed E-state index contributed by atoms with van der Waals surface area (Å²) in [6.07, 6.45) is 5.56. The highest BCUT2D eigenvalue weighted by Gasteiger charge is 2.94. The summed E-state index contributed by atoms with van der Waals surface area (Å²) in [6, 6.07) is 1.84. The molecule has 9 rings (SSSR count). The van der Waals surface area contributed by atoms with Gasteiger partial charge >= 0.3 is 11.9 Å². The molecule has 4 aliphatic carbocycles.